The Labute approximate surface area is 71.2 Å². The van der Waals surface area contributed by atoms with Gasteiger partial charge in [0.25, 0.3) is 0 Å². The Morgan fingerprint density at radius 1 is 1.73 bits per heavy atom. The Morgan fingerprint density at radius 2 is 2.55 bits per heavy atom. The summed E-state index contributed by atoms with van der Waals surface area (Å²) in [6.07, 6.45) is 4.64. The van der Waals surface area contributed by atoms with Gasteiger partial charge in [0.1, 0.15) is 0 Å². The van der Waals surface area contributed by atoms with E-state index in [9.17, 15) is 0 Å². The molecular formula is C9H10NS. The summed E-state index contributed by atoms with van der Waals surface area (Å²) >= 11 is 1.45. The molecule has 2 heteroatoms. The molecule has 1 nitrogen and oxygen atoms in total. The fourth-order valence-electron chi connectivity index (χ4n) is 0.750. The molecule has 0 aromatic carbocycles. The second-order valence-electron chi connectivity index (χ2n) is 2.22. The maximum Gasteiger partial charge on any atom is 0.0767 e. The third kappa shape index (κ3) is 2.68. The topological polar surface area (TPSA) is 12.9 Å². The highest BCUT2D eigenvalue weighted by molar-refractivity contribution is 7.03. The Hall–Kier alpha value is -0.890. The molecule has 1 aromatic rings. The Morgan fingerprint density at radius 3 is 3.09 bits per heavy atom. The fraction of sp³-hybridized carbons (Fsp3) is 0.111. The van der Waals surface area contributed by atoms with Gasteiger partial charge in [-0.2, -0.15) is 4.37 Å². The van der Waals surface area contributed by atoms with E-state index in [1.807, 2.05) is 23.6 Å². The Kier molecular flexibility index (Phi) is 3.05. The van der Waals surface area contributed by atoms with E-state index >= 15 is 0 Å². The van der Waals surface area contributed by atoms with E-state index in [-0.39, 0.29) is 0 Å². The van der Waals surface area contributed by atoms with Gasteiger partial charge in [0.05, 0.1) is 5.69 Å². The maximum absolute atomic E-state index is 4.13. The zero-order valence-corrected chi connectivity index (χ0v) is 7.10. The van der Waals surface area contributed by atoms with Crippen molar-refractivity contribution in [3.63, 3.8) is 0 Å². The van der Waals surface area contributed by atoms with Crippen LogP contribution in [0, 0.1) is 6.92 Å². The van der Waals surface area contributed by atoms with Crippen molar-refractivity contribution in [2.24, 2.45) is 0 Å². The first kappa shape index (κ1) is 8.21. The molecule has 57 valence electrons. The molecule has 0 aliphatic rings. The van der Waals surface area contributed by atoms with Crippen molar-refractivity contribution in [2.75, 3.05) is 0 Å². The predicted molar refractivity (Wildman–Crippen MR) is 50.3 cm³/mol. The van der Waals surface area contributed by atoms with Gasteiger partial charge in [0, 0.05) is 5.38 Å². The minimum absolute atomic E-state index is 0.831. The highest BCUT2D eigenvalue weighted by atomic mass is 32.1. The molecule has 0 aliphatic heterocycles. The first-order chi connectivity index (χ1) is 5.33. The number of hydrogen-bond donors (Lipinski definition) is 0. The molecule has 0 N–H and O–H groups in total. The molecule has 11 heavy (non-hydrogen) atoms. The largest absolute Gasteiger partial charge is 0.193 e. The lowest BCUT2D eigenvalue weighted by Crippen LogP contribution is -1.74. The van der Waals surface area contributed by atoms with Crippen molar-refractivity contribution in [3.05, 3.63) is 42.3 Å². The first-order valence-corrected chi connectivity index (χ1v) is 4.20. The van der Waals surface area contributed by atoms with Gasteiger partial charge in [-0.3, -0.25) is 0 Å². The van der Waals surface area contributed by atoms with E-state index in [1.54, 1.807) is 0 Å². The standard InChI is InChI=1S/C9H10NS/c1-3-4-8(2)7-9-5-6-11-10-9/h3,5-7H,1-2,4H2. The molecule has 0 aliphatic carbocycles. The zero-order valence-electron chi connectivity index (χ0n) is 6.29. The number of aromatic nitrogens is 1. The molecule has 0 saturated carbocycles. The van der Waals surface area contributed by atoms with E-state index in [1.165, 1.54) is 11.5 Å². The van der Waals surface area contributed by atoms with Crippen molar-refractivity contribution in [3.8, 4) is 0 Å². The highest BCUT2D eigenvalue weighted by Gasteiger charge is 1.89. The molecule has 0 saturated heterocycles. The van der Waals surface area contributed by atoms with Crippen molar-refractivity contribution >= 4 is 17.6 Å². The molecule has 0 bridgehead atoms. The first-order valence-electron chi connectivity index (χ1n) is 3.36. The molecule has 0 fully saturated rings. The smallest absolute Gasteiger partial charge is 0.0767 e. The van der Waals surface area contributed by atoms with Crippen LogP contribution in [-0.2, 0) is 0 Å². The summed E-state index contributed by atoms with van der Waals surface area (Å²) < 4.78 is 4.13. The van der Waals surface area contributed by atoms with E-state index in [2.05, 4.69) is 17.9 Å². The predicted octanol–water partition coefficient (Wildman–Crippen LogP) is 2.94. The lowest BCUT2D eigenvalue weighted by Gasteiger charge is -1.91. The second kappa shape index (κ2) is 4.09. The normalized spacial score (nSPS) is 11.5. The highest BCUT2D eigenvalue weighted by Crippen LogP contribution is 2.08. The number of nitrogens with zero attached hydrogens (tertiary/aromatic N) is 1. The SMILES string of the molecule is [CH2]C(=Cc1ccsn1)CC=C. The van der Waals surface area contributed by atoms with Crippen LogP contribution in [0.1, 0.15) is 12.1 Å². The van der Waals surface area contributed by atoms with Crippen LogP contribution < -0.4 is 0 Å². The van der Waals surface area contributed by atoms with Crippen molar-refractivity contribution in [1.29, 1.82) is 0 Å². The van der Waals surface area contributed by atoms with Gasteiger partial charge >= 0.3 is 0 Å². The van der Waals surface area contributed by atoms with Crippen LogP contribution in [0.3, 0.4) is 0 Å². The molecule has 0 spiro atoms. The van der Waals surface area contributed by atoms with E-state index in [0.717, 1.165) is 17.7 Å². The molecule has 0 amide bonds. The number of hydrogen-bond acceptors (Lipinski definition) is 2. The molecular weight excluding hydrogens is 154 g/mol. The van der Waals surface area contributed by atoms with Gasteiger partial charge in [-0.25, -0.2) is 0 Å². The van der Waals surface area contributed by atoms with Gasteiger partial charge in [-0.15, -0.1) is 6.58 Å². The minimum Gasteiger partial charge on any atom is -0.193 e. The third-order valence-corrected chi connectivity index (χ3v) is 1.79. The van der Waals surface area contributed by atoms with Gasteiger partial charge in [-0.05, 0) is 37.0 Å². The summed E-state index contributed by atoms with van der Waals surface area (Å²) in [6, 6.07) is 1.97. The van der Waals surface area contributed by atoms with Crippen LogP contribution in [-0.4, -0.2) is 4.37 Å². The molecule has 1 radical (unpaired) electrons. The summed E-state index contributed by atoms with van der Waals surface area (Å²) in [5, 5.41) is 1.95. The average Bonchev–Trinajstić information content (AvgIpc) is 2.40. The second-order valence-corrected chi connectivity index (χ2v) is 2.89. The van der Waals surface area contributed by atoms with Crippen molar-refractivity contribution in [1.82, 2.24) is 4.37 Å². The Balaban J connectivity index is 2.65. The van der Waals surface area contributed by atoms with Gasteiger partial charge in [0.2, 0.25) is 0 Å². The summed E-state index contributed by atoms with van der Waals surface area (Å²) in [5.74, 6) is 0. The molecule has 1 rings (SSSR count). The minimum atomic E-state index is 0.831. The average molecular weight is 164 g/mol. The number of allylic oxidation sites excluding steroid dienone is 2. The van der Waals surface area contributed by atoms with E-state index in [0.29, 0.717) is 0 Å². The monoisotopic (exact) mass is 164 g/mol. The fourth-order valence-corrected chi connectivity index (χ4v) is 1.25. The lowest BCUT2D eigenvalue weighted by molar-refractivity contribution is 1.31. The summed E-state index contributed by atoms with van der Waals surface area (Å²) in [4.78, 5) is 0. The van der Waals surface area contributed by atoms with Crippen LogP contribution in [0.4, 0.5) is 0 Å². The van der Waals surface area contributed by atoms with Gasteiger partial charge < -0.3 is 0 Å². The zero-order chi connectivity index (χ0) is 8.10. The molecule has 0 atom stereocenters. The lowest BCUT2D eigenvalue weighted by atomic mass is 10.2. The summed E-state index contributed by atoms with van der Waals surface area (Å²) in [5.41, 5.74) is 2.03. The van der Waals surface area contributed by atoms with E-state index in [4.69, 9.17) is 0 Å². The summed E-state index contributed by atoms with van der Waals surface area (Å²) in [6.45, 7) is 7.49. The molecule has 1 aromatic heterocycles. The van der Waals surface area contributed by atoms with Crippen molar-refractivity contribution < 1.29 is 0 Å². The van der Waals surface area contributed by atoms with Crippen LogP contribution in [0.5, 0.6) is 0 Å². The van der Waals surface area contributed by atoms with Gasteiger partial charge in [0.15, 0.2) is 0 Å². The van der Waals surface area contributed by atoms with E-state index < -0.39 is 0 Å². The Bertz CT molecular complexity index is 247. The molecule has 0 unspecified atom stereocenters. The number of rotatable bonds is 3. The van der Waals surface area contributed by atoms with Gasteiger partial charge in [-0.1, -0.05) is 11.6 Å². The third-order valence-electron chi connectivity index (χ3n) is 1.22. The van der Waals surface area contributed by atoms with Crippen LogP contribution >= 0.6 is 11.5 Å². The molecule has 1 heterocycles. The van der Waals surface area contributed by atoms with Crippen molar-refractivity contribution in [2.45, 2.75) is 6.42 Å². The van der Waals surface area contributed by atoms with Crippen LogP contribution in [0.15, 0.2) is 29.7 Å². The van der Waals surface area contributed by atoms with Crippen LogP contribution in [0.2, 0.25) is 0 Å². The quantitative estimate of drug-likeness (QED) is 0.626. The summed E-state index contributed by atoms with van der Waals surface area (Å²) in [7, 11) is 0. The van der Waals surface area contributed by atoms with Crippen LogP contribution in [0.25, 0.3) is 6.08 Å². The maximum atomic E-state index is 4.13.